The average Bonchev–Trinajstić information content (AvgIpc) is 3.07. The third kappa shape index (κ3) is 3.15. The van der Waals surface area contributed by atoms with E-state index in [0.717, 1.165) is 4.88 Å². The first kappa shape index (κ1) is 15.4. The first-order chi connectivity index (χ1) is 10.5. The normalized spacial score (nSPS) is 10.7. The Balaban J connectivity index is 1.82. The highest BCUT2D eigenvalue weighted by Crippen LogP contribution is 2.33. The standard InChI is InChI=1S/C14H7Cl2FN2OS2/c15-7-2-1-3-8(17)12(7)13(20)19-14-18-9(6-21-14)10-4-5-11(16)22-10/h1-6H,(H,18,19,20). The summed E-state index contributed by atoms with van der Waals surface area (Å²) in [4.78, 5) is 17.3. The van der Waals surface area contributed by atoms with Crippen LogP contribution >= 0.6 is 45.9 Å². The van der Waals surface area contributed by atoms with Gasteiger partial charge in [0.15, 0.2) is 5.13 Å². The van der Waals surface area contributed by atoms with Crippen molar-refractivity contribution >= 4 is 56.9 Å². The Kier molecular flexibility index (Phi) is 4.44. The monoisotopic (exact) mass is 372 g/mol. The van der Waals surface area contributed by atoms with Crippen LogP contribution in [-0.4, -0.2) is 10.9 Å². The third-order valence-corrected chi connectivity index (χ3v) is 5.07. The number of nitrogens with zero attached hydrogens (tertiary/aromatic N) is 1. The summed E-state index contributed by atoms with van der Waals surface area (Å²) in [6.45, 7) is 0. The van der Waals surface area contributed by atoms with Gasteiger partial charge in [0.1, 0.15) is 5.82 Å². The molecule has 1 amide bonds. The average molecular weight is 373 g/mol. The summed E-state index contributed by atoms with van der Waals surface area (Å²) in [6.07, 6.45) is 0. The molecule has 0 aliphatic rings. The lowest BCUT2D eigenvalue weighted by Crippen LogP contribution is -2.14. The lowest BCUT2D eigenvalue weighted by atomic mass is 10.2. The van der Waals surface area contributed by atoms with Gasteiger partial charge in [-0.15, -0.1) is 22.7 Å². The number of carbonyl (C=O) groups is 1. The number of hydrogen-bond acceptors (Lipinski definition) is 4. The fourth-order valence-corrected chi connectivity index (χ4v) is 3.80. The van der Waals surface area contributed by atoms with Gasteiger partial charge in [0, 0.05) is 5.38 Å². The molecule has 1 aromatic carbocycles. The number of nitrogens with one attached hydrogen (secondary N) is 1. The molecule has 8 heteroatoms. The van der Waals surface area contributed by atoms with Crippen molar-refractivity contribution in [1.82, 2.24) is 4.98 Å². The van der Waals surface area contributed by atoms with Crippen LogP contribution in [0.3, 0.4) is 0 Å². The Morgan fingerprint density at radius 1 is 1.23 bits per heavy atom. The third-order valence-electron chi connectivity index (χ3n) is 2.74. The molecular formula is C14H7Cl2FN2OS2. The molecule has 3 rings (SSSR count). The zero-order valence-electron chi connectivity index (χ0n) is 10.8. The van der Waals surface area contributed by atoms with Crippen molar-refractivity contribution in [3.8, 4) is 10.6 Å². The maximum Gasteiger partial charge on any atom is 0.261 e. The predicted molar refractivity (Wildman–Crippen MR) is 89.8 cm³/mol. The largest absolute Gasteiger partial charge is 0.298 e. The maximum absolute atomic E-state index is 13.7. The van der Waals surface area contributed by atoms with Crippen LogP contribution in [0, 0.1) is 5.82 Å². The number of rotatable bonds is 3. The Labute approximate surface area is 143 Å². The number of amides is 1. The van der Waals surface area contributed by atoms with Gasteiger partial charge in [0.25, 0.3) is 5.91 Å². The number of hydrogen-bond donors (Lipinski definition) is 1. The molecule has 1 N–H and O–H groups in total. The SMILES string of the molecule is O=C(Nc1nc(-c2ccc(Cl)s2)cs1)c1c(F)cccc1Cl. The lowest BCUT2D eigenvalue weighted by Gasteiger charge is -2.04. The van der Waals surface area contributed by atoms with Crippen LogP contribution in [0.5, 0.6) is 0 Å². The second-order valence-corrected chi connectivity index (χ2v) is 7.17. The van der Waals surface area contributed by atoms with Crippen molar-refractivity contribution in [2.45, 2.75) is 0 Å². The molecule has 112 valence electrons. The topological polar surface area (TPSA) is 42.0 Å². The number of thiophene rings is 1. The van der Waals surface area contributed by atoms with Gasteiger partial charge >= 0.3 is 0 Å². The highest BCUT2D eigenvalue weighted by Gasteiger charge is 2.17. The van der Waals surface area contributed by atoms with Crippen LogP contribution in [-0.2, 0) is 0 Å². The smallest absolute Gasteiger partial charge is 0.261 e. The van der Waals surface area contributed by atoms with Gasteiger partial charge in [-0.2, -0.15) is 0 Å². The Hall–Kier alpha value is -1.47. The second kappa shape index (κ2) is 6.34. The molecule has 0 fully saturated rings. The molecule has 0 bridgehead atoms. The van der Waals surface area contributed by atoms with Gasteiger partial charge in [0.05, 0.1) is 25.5 Å². The van der Waals surface area contributed by atoms with Gasteiger partial charge in [0.2, 0.25) is 0 Å². The summed E-state index contributed by atoms with van der Waals surface area (Å²) in [7, 11) is 0. The fourth-order valence-electron chi connectivity index (χ4n) is 1.77. The van der Waals surface area contributed by atoms with E-state index in [2.05, 4.69) is 10.3 Å². The van der Waals surface area contributed by atoms with Crippen LogP contribution in [0.25, 0.3) is 10.6 Å². The van der Waals surface area contributed by atoms with E-state index < -0.39 is 11.7 Å². The zero-order valence-corrected chi connectivity index (χ0v) is 13.9. The molecule has 2 heterocycles. The van der Waals surface area contributed by atoms with E-state index in [1.807, 2.05) is 6.07 Å². The number of benzene rings is 1. The molecule has 0 saturated heterocycles. The molecule has 0 aliphatic carbocycles. The van der Waals surface area contributed by atoms with E-state index in [1.54, 1.807) is 11.4 Å². The molecule has 3 nitrogen and oxygen atoms in total. The maximum atomic E-state index is 13.7. The lowest BCUT2D eigenvalue weighted by molar-refractivity contribution is 0.102. The summed E-state index contributed by atoms with van der Waals surface area (Å²) in [5.41, 5.74) is 0.511. The van der Waals surface area contributed by atoms with Gasteiger partial charge < -0.3 is 0 Å². The second-order valence-electron chi connectivity index (χ2n) is 4.19. The summed E-state index contributed by atoms with van der Waals surface area (Å²) in [6, 6.07) is 7.71. The quantitative estimate of drug-likeness (QED) is 0.652. The van der Waals surface area contributed by atoms with Crippen LogP contribution in [0.1, 0.15) is 10.4 Å². The minimum atomic E-state index is -0.674. The van der Waals surface area contributed by atoms with Crippen LogP contribution in [0.15, 0.2) is 35.7 Å². The van der Waals surface area contributed by atoms with Gasteiger partial charge in [-0.3, -0.25) is 10.1 Å². The highest BCUT2D eigenvalue weighted by atomic mass is 35.5. The number of carbonyl (C=O) groups excluding carboxylic acids is 1. The predicted octanol–water partition coefficient (Wildman–Crippen LogP) is 5.57. The molecule has 0 atom stereocenters. The van der Waals surface area contributed by atoms with E-state index in [-0.39, 0.29) is 10.6 Å². The van der Waals surface area contributed by atoms with Crippen LogP contribution in [0.4, 0.5) is 9.52 Å². The fraction of sp³-hybridized carbons (Fsp3) is 0. The molecular weight excluding hydrogens is 366 g/mol. The Morgan fingerprint density at radius 2 is 2.05 bits per heavy atom. The van der Waals surface area contributed by atoms with Crippen LogP contribution in [0.2, 0.25) is 9.36 Å². The molecule has 0 aliphatic heterocycles. The summed E-state index contributed by atoms with van der Waals surface area (Å²) in [5.74, 6) is -1.31. The molecule has 3 aromatic rings. The van der Waals surface area contributed by atoms with Crippen molar-refractivity contribution in [2.24, 2.45) is 0 Å². The zero-order chi connectivity index (χ0) is 15.7. The molecule has 2 aromatic heterocycles. The molecule has 0 unspecified atom stereocenters. The molecule has 22 heavy (non-hydrogen) atoms. The first-order valence-corrected chi connectivity index (χ1v) is 8.46. The van der Waals surface area contributed by atoms with Crippen molar-refractivity contribution in [3.63, 3.8) is 0 Å². The van der Waals surface area contributed by atoms with Crippen molar-refractivity contribution < 1.29 is 9.18 Å². The van der Waals surface area contributed by atoms with Gasteiger partial charge in [-0.1, -0.05) is 29.3 Å². The first-order valence-electron chi connectivity index (χ1n) is 6.01. The van der Waals surface area contributed by atoms with E-state index >= 15 is 0 Å². The minimum absolute atomic E-state index is 0.0549. The van der Waals surface area contributed by atoms with E-state index in [4.69, 9.17) is 23.2 Å². The van der Waals surface area contributed by atoms with E-state index in [9.17, 15) is 9.18 Å². The minimum Gasteiger partial charge on any atom is -0.298 e. The molecule has 0 spiro atoms. The summed E-state index contributed by atoms with van der Waals surface area (Å²) >= 11 is 14.4. The molecule has 0 saturated carbocycles. The Morgan fingerprint density at radius 3 is 2.73 bits per heavy atom. The van der Waals surface area contributed by atoms with Crippen molar-refractivity contribution in [1.29, 1.82) is 0 Å². The summed E-state index contributed by atoms with van der Waals surface area (Å²) < 4.78 is 14.4. The van der Waals surface area contributed by atoms with Crippen molar-refractivity contribution in [2.75, 3.05) is 5.32 Å². The number of aromatic nitrogens is 1. The van der Waals surface area contributed by atoms with Crippen LogP contribution < -0.4 is 5.32 Å². The summed E-state index contributed by atoms with van der Waals surface area (Å²) in [5, 5.41) is 4.76. The van der Waals surface area contributed by atoms with E-state index in [0.29, 0.717) is 15.2 Å². The van der Waals surface area contributed by atoms with Crippen molar-refractivity contribution in [3.05, 3.63) is 56.5 Å². The Bertz CT molecular complexity index is 827. The number of halogens is 3. The number of anilines is 1. The molecule has 0 radical (unpaired) electrons. The number of thiazole rings is 1. The van der Waals surface area contributed by atoms with Gasteiger partial charge in [-0.05, 0) is 24.3 Å². The highest BCUT2D eigenvalue weighted by molar-refractivity contribution is 7.20. The van der Waals surface area contributed by atoms with Gasteiger partial charge in [-0.25, -0.2) is 9.37 Å². The van der Waals surface area contributed by atoms with E-state index in [1.165, 1.54) is 40.9 Å².